The molecule has 0 spiro atoms. The van der Waals surface area contributed by atoms with E-state index in [1.54, 1.807) is 18.3 Å². The molecule has 7 heteroatoms. The number of hydrogen-bond acceptors (Lipinski definition) is 7. The first-order valence-corrected chi connectivity index (χ1v) is 11.7. The van der Waals surface area contributed by atoms with E-state index in [1.165, 1.54) is 0 Å². The maximum atomic E-state index is 12.3. The molecule has 0 saturated heterocycles. The average molecular weight is 452 g/mol. The number of rotatable bonds is 11. The molecule has 0 amide bonds. The van der Waals surface area contributed by atoms with E-state index in [4.69, 9.17) is 19.4 Å². The molecule has 6 nitrogen and oxygen atoms in total. The molecule has 0 aliphatic rings. The van der Waals surface area contributed by atoms with Crippen LogP contribution in [0, 0.1) is 0 Å². The Morgan fingerprint density at radius 3 is 2.53 bits per heavy atom. The monoisotopic (exact) mass is 451 g/mol. The van der Waals surface area contributed by atoms with Gasteiger partial charge in [-0.15, -0.1) is 6.58 Å². The molecule has 3 aromatic rings. The van der Waals surface area contributed by atoms with Crippen LogP contribution in [0.1, 0.15) is 43.7 Å². The lowest BCUT2D eigenvalue weighted by Gasteiger charge is -2.17. The van der Waals surface area contributed by atoms with Gasteiger partial charge in [-0.25, -0.2) is 14.8 Å². The summed E-state index contributed by atoms with van der Waals surface area (Å²) in [7, 11) is 0. The van der Waals surface area contributed by atoms with Crippen molar-refractivity contribution in [2.24, 2.45) is 0 Å². The minimum Gasteiger partial charge on any atom is -0.464 e. The Morgan fingerprint density at radius 1 is 1.16 bits per heavy atom. The van der Waals surface area contributed by atoms with E-state index in [0.29, 0.717) is 25.5 Å². The van der Waals surface area contributed by atoms with Gasteiger partial charge in [-0.2, -0.15) is 11.3 Å². The molecule has 3 rings (SSSR count). The Hall–Kier alpha value is -3.03. The maximum absolute atomic E-state index is 12.3. The fraction of sp³-hybridized carbons (Fsp3) is 0.320. The molecule has 32 heavy (non-hydrogen) atoms. The molecule has 1 unspecified atom stereocenters. The molecule has 168 valence electrons. The number of anilines is 2. The molecule has 2 aromatic heterocycles. The van der Waals surface area contributed by atoms with Crippen molar-refractivity contribution in [3.63, 3.8) is 0 Å². The van der Waals surface area contributed by atoms with Gasteiger partial charge in [0.1, 0.15) is 5.82 Å². The highest BCUT2D eigenvalue weighted by atomic mass is 32.1. The molecule has 1 atom stereocenters. The van der Waals surface area contributed by atoms with Gasteiger partial charge in [-0.1, -0.05) is 25.1 Å². The van der Waals surface area contributed by atoms with Crippen LogP contribution in [0.4, 0.5) is 11.5 Å². The van der Waals surface area contributed by atoms with Crippen LogP contribution in [0.2, 0.25) is 0 Å². The first kappa shape index (κ1) is 23.6. The third-order valence-corrected chi connectivity index (χ3v) is 5.55. The van der Waals surface area contributed by atoms with Crippen LogP contribution in [0.15, 0.2) is 53.7 Å². The van der Waals surface area contributed by atoms with Crippen molar-refractivity contribution in [1.82, 2.24) is 9.97 Å². The average Bonchev–Trinajstić information content (AvgIpc) is 3.34. The number of benzene rings is 1. The minimum absolute atomic E-state index is 0.314. The van der Waals surface area contributed by atoms with Gasteiger partial charge in [0.05, 0.1) is 6.61 Å². The third kappa shape index (κ3) is 5.60. The summed E-state index contributed by atoms with van der Waals surface area (Å²) in [5.41, 5.74) is 4.64. The van der Waals surface area contributed by atoms with Crippen molar-refractivity contribution >= 4 is 28.8 Å². The van der Waals surface area contributed by atoms with Gasteiger partial charge in [0.2, 0.25) is 0 Å². The number of carbonyl (C=O) groups is 1. The number of esters is 1. The number of allylic oxidation sites excluding steroid dienone is 1. The van der Waals surface area contributed by atoms with Crippen LogP contribution in [-0.2, 0) is 27.1 Å². The number of carbonyl (C=O) groups excluding carboxylic acids is 1. The summed E-state index contributed by atoms with van der Waals surface area (Å²) < 4.78 is 10.8. The number of aryl methyl sites for hydroxylation is 1. The quantitative estimate of drug-likeness (QED) is 0.290. The van der Waals surface area contributed by atoms with E-state index in [0.717, 1.165) is 40.3 Å². The standard InChI is InChI=1S/C25H29N3O3S/c1-5-9-20-21(6-2)27-23(18-14-15-32-16-18)28-24(20)26-19-12-10-17(11-13-19)22(30-7-3)25(29)31-8-4/h5,10-16,22H,1,6-9H2,2-4H3,(H,26,27,28). The van der Waals surface area contributed by atoms with Crippen LogP contribution in [0.5, 0.6) is 0 Å². The van der Waals surface area contributed by atoms with Crippen molar-refractivity contribution in [2.45, 2.75) is 39.7 Å². The molecule has 1 aromatic carbocycles. The largest absolute Gasteiger partial charge is 0.464 e. The Morgan fingerprint density at radius 2 is 1.94 bits per heavy atom. The number of aromatic nitrogens is 2. The SMILES string of the molecule is C=CCc1c(CC)nc(-c2ccsc2)nc1Nc1ccc(C(OCC)C(=O)OCC)cc1. The predicted molar refractivity (Wildman–Crippen MR) is 129 cm³/mol. The normalized spacial score (nSPS) is 11.7. The lowest BCUT2D eigenvalue weighted by molar-refractivity contribution is -0.157. The maximum Gasteiger partial charge on any atom is 0.339 e. The smallest absolute Gasteiger partial charge is 0.339 e. The zero-order chi connectivity index (χ0) is 22.9. The summed E-state index contributed by atoms with van der Waals surface area (Å²) in [5.74, 6) is 1.08. The van der Waals surface area contributed by atoms with Gasteiger partial charge in [0.25, 0.3) is 0 Å². The molecule has 1 N–H and O–H groups in total. The second-order valence-electron chi connectivity index (χ2n) is 7.01. The summed E-state index contributed by atoms with van der Waals surface area (Å²) in [6, 6.07) is 9.59. The van der Waals surface area contributed by atoms with Crippen molar-refractivity contribution < 1.29 is 14.3 Å². The Labute approximate surface area is 193 Å². The number of hydrogen-bond donors (Lipinski definition) is 1. The minimum atomic E-state index is -0.735. The Kier molecular flexibility index (Phi) is 8.53. The van der Waals surface area contributed by atoms with Gasteiger partial charge in [0.15, 0.2) is 11.9 Å². The molecule has 2 heterocycles. The zero-order valence-electron chi connectivity index (χ0n) is 18.8. The number of thiophene rings is 1. The Balaban J connectivity index is 1.92. The van der Waals surface area contributed by atoms with Gasteiger partial charge in [-0.3, -0.25) is 0 Å². The molecule has 0 bridgehead atoms. The number of nitrogens with one attached hydrogen (secondary N) is 1. The van der Waals surface area contributed by atoms with E-state index in [2.05, 4.69) is 18.8 Å². The van der Waals surface area contributed by atoms with Crippen molar-refractivity contribution in [2.75, 3.05) is 18.5 Å². The van der Waals surface area contributed by atoms with Gasteiger partial charge in [-0.05, 0) is 55.8 Å². The van der Waals surface area contributed by atoms with E-state index in [1.807, 2.05) is 54.1 Å². The van der Waals surface area contributed by atoms with Crippen LogP contribution >= 0.6 is 11.3 Å². The van der Waals surface area contributed by atoms with Crippen LogP contribution in [-0.4, -0.2) is 29.2 Å². The third-order valence-electron chi connectivity index (χ3n) is 4.87. The van der Waals surface area contributed by atoms with E-state index >= 15 is 0 Å². The van der Waals surface area contributed by atoms with Crippen LogP contribution in [0.3, 0.4) is 0 Å². The highest BCUT2D eigenvalue weighted by molar-refractivity contribution is 7.08. The van der Waals surface area contributed by atoms with Crippen LogP contribution < -0.4 is 5.32 Å². The van der Waals surface area contributed by atoms with Gasteiger partial charge < -0.3 is 14.8 Å². The van der Waals surface area contributed by atoms with Crippen molar-refractivity contribution in [3.8, 4) is 11.4 Å². The molecule has 0 aliphatic carbocycles. The lowest BCUT2D eigenvalue weighted by atomic mass is 10.1. The fourth-order valence-corrected chi connectivity index (χ4v) is 4.00. The van der Waals surface area contributed by atoms with E-state index in [-0.39, 0.29) is 5.97 Å². The summed E-state index contributed by atoms with van der Waals surface area (Å²) in [6.45, 7) is 10.4. The predicted octanol–water partition coefficient (Wildman–Crippen LogP) is 5.88. The first-order valence-electron chi connectivity index (χ1n) is 10.8. The molecule has 0 saturated carbocycles. The zero-order valence-corrected chi connectivity index (χ0v) is 19.6. The second kappa shape index (κ2) is 11.5. The molecule has 0 radical (unpaired) electrons. The van der Waals surface area contributed by atoms with Gasteiger partial charge >= 0.3 is 5.97 Å². The summed E-state index contributed by atoms with van der Waals surface area (Å²) in [4.78, 5) is 21.9. The molecular weight excluding hydrogens is 422 g/mol. The summed E-state index contributed by atoms with van der Waals surface area (Å²) in [6.07, 6.45) is 2.60. The topological polar surface area (TPSA) is 73.3 Å². The molecular formula is C25H29N3O3S. The Bertz CT molecular complexity index is 1030. The van der Waals surface area contributed by atoms with Crippen molar-refractivity contribution in [1.29, 1.82) is 0 Å². The number of nitrogens with zero attached hydrogens (tertiary/aromatic N) is 2. The van der Waals surface area contributed by atoms with Crippen molar-refractivity contribution in [3.05, 3.63) is 70.6 Å². The first-order chi connectivity index (χ1) is 15.6. The highest BCUT2D eigenvalue weighted by Gasteiger charge is 2.22. The molecule has 0 aliphatic heterocycles. The van der Waals surface area contributed by atoms with Crippen LogP contribution in [0.25, 0.3) is 11.4 Å². The lowest BCUT2D eigenvalue weighted by Crippen LogP contribution is -2.19. The summed E-state index contributed by atoms with van der Waals surface area (Å²) >= 11 is 1.62. The van der Waals surface area contributed by atoms with E-state index in [9.17, 15) is 4.79 Å². The second-order valence-corrected chi connectivity index (χ2v) is 7.79. The van der Waals surface area contributed by atoms with Gasteiger partial charge in [0, 0.05) is 34.5 Å². The summed E-state index contributed by atoms with van der Waals surface area (Å²) in [5, 5.41) is 7.50. The highest BCUT2D eigenvalue weighted by Crippen LogP contribution is 2.28. The van der Waals surface area contributed by atoms with E-state index < -0.39 is 6.10 Å². The fourth-order valence-electron chi connectivity index (χ4n) is 3.37. The number of ether oxygens (including phenoxy) is 2. The molecule has 0 fully saturated rings.